The first-order valence-electron chi connectivity index (χ1n) is 7.95. The van der Waals surface area contributed by atoms with Crippen LogP contribution in [-0.2, 0) is 6.42 Å². The third-order valence-corrected chi connectivity index (χ3v) is 4.65. The smallest absolute Gasteiger partial charge is 0.0458 e. The van der Waals surface area contributed by atoms with Crippen molar-refractivity contribution in [2.75, 3.05) is 51.7 Å². The van der Waals surface area contributed by atoms with E-state index in [0.717, 1.165) is 6.04 Å². The predicted molar refractivity (Wildman–Crippen MR) is 85.5 cm³/mol. The summed E-state index contributed by atoms with van der Waals surface area (Å²) in [6.45, 7) is 6.17. The molecule has 2 aliphatic rings. The Morgan fingerprint density at radius 1 is 1.15 bits per heavy atom. The minimum absolute atomic E-state index is 0.718. The molecule has 3 rings (SSSR count). The molecule has 20 heavy (non-hydrogen) atoms. The molecule has 1 saturated heterocycles. The van der Waals surface area contributed by atoms with Gasteiger partial charge in [-0.1, -0.05) is 18.2 Å². The number of hydrogen-bond donors (Lipinski definition) is 0. The fourth-order valence-corrected chi connectivity index (χ4v) is 3.60. The van der Waals surface area contributed by atoms with Crippen LogP contribution in [0, 0.1) is 0 Å². The first kappa shape index (κ1) is 13.9. The molecule has 0 amide bonds. The second-order valence-electron chi connectivity index (χ2n) is 6.49. The highest BCUT2D eigenvalue weighted by molar-refractivity contribution is 5.59. The predicted octanol–water partition coefficient (Wildman–Crippen LogP) is 2.08. The molecule has 0 aromatic heterocycles. The van der Waals surface area contributed by atoms with Gasteiger partial charge in [-0.15, -0.1) is 0 Å². The van der Waals surface area contributed by atoms with Crippen molar-refractivity contribution < 1.29 is 0 Å². The minimum atomic E-state index is 0.718. The standard InChI is InChI=1S/C17H27N3/c1-18(2)9-5-6-10-19-11-12-20-16(14-19)13-15-7-3-4-8-17(15)20/h3-4,7-8,16H,5-6,9-14H2,1-2H3. The number of hydrogen-bond acceptors (Lipinski definition) is 3. The summed E-state index contributed by atoms with van der Waals surface area (Å²) in [5, 5.41) is 0. The van der Waals surface area contributed by atoms with Crippen LogP contribution < -0.4 is 4.90 Å². The van der Waals surface area contributed by atoms with Gasteiger partial charge in [0.15, 0.2) is 0 Å². The molecule has 1 fully saturated rings. The molecule has 1 unspecified atom stereocenters. The summed E-state index contributed by atoms with van der Waals surface area (Å²) in [5.41, 5.74) is 3.04. The summed E-state index contributed by atoms with van der Waals surface area (Å²) in [5.74, 6) is 0. The van der Waals surface area contributed by atoms with Gasteiger partial charge in [0.05, 0.1) is 0 Å². The maximum absolute atomic E-state index is 2.67. The lowest BCUT2D eigenvalue weighted by molar-refractivity contribution is 0.220. The molecular weight excluding hydrogens is 246 g/mol. The molecule has 0 radical (unpaired) electrons. The topological polar surface area (TPSA) is 9.72 Å². The Balaban J connectivity index is 1.49. The van der Waals surface area contributed by atoms with Crippen LogP contribution in [0.25, 0.3) is 0 Å². The molecule has 0 aliphatic carbocycles. The zero-order chi connectivity index (χ0) is 13.9. The Morgan fingerprint density at radius 3 is 2.85 bits per heavy atom. The molecule has 0 N–H and O–H groups in total. The van der Waals surface area contributed by atoms with Crippen LogP contribution in [0.1, 0.15) is 18.4 Å². The molecular formula is C17H27N3. The largest absolute Gasteiger partial charge is 0.365 e. The Hall–Kier alpha value is -1.06. The molecule has 110 valence electrons. The van der Waals surface area contributed by atoms with Crippen molar-refractivity contribution in [2.24, 2.45) is 0 Å². The van der Waals surface area contributed by atoms with E-state index in [4.69, 9.17) is 0 Å². The fourth-order valence-electron chi connectivity index (χ4n) is 3.60. The number of para-hydroxylation sites is 1. The normalized spacial score (nSPS) is 22.1. The zero-order valence-corrected chi connectivity index (χ0v) is 12.9. The number of fused-ring (bicyclic) bond motifs is 3. The third-order valence-electron chi connectivity index (χ3n) is 4.65. The second-order valence-corrected chi connectivity index (χ2v) is 6.49. The quantitative estimate of drug-likeness (QED) is 0.761. The highest BCUT2D eigenvalue weighted by Gasteiger charge is 2.33. The van der Waals surface area contributed by atoms with E-state index in [1.165, 1.54) is 57.7 Å². The van der Waals surface area contributed by atoms with Crippen molar-refractivity contribution in [3.63, 3.8) is 0 Å². The average molecular weight is 273 g/mol. The molecule has 0 spiro atoms. The zero-order valence-electron chi connectivity index (χ0n) is 12.9. The van der Waals surface area contributed by atoms with Gasteiger partial charge in [-0.3, -0.25) is 4.90 Å². The lowest BCUT2D eigenvalue weighted by Crippen LogP contribution is -2.51. The average Bonchev–Trinajstić information content (AvgIpc) is 2.81. The van der Waals surface area contributed by atoms with Crippen LogP contribution in [-0.4, -0.2) is 62.7 Å². The summed E-state index contributed by atoms with van der Waals surface area (Å²) < 4.78 is 0. The van der Waals surface area contributed by atoms with Gasteiger partial charge in [-0.05, 0) is 58.1 Å². The molecule has 3 nitrogen and oxygen atoms in total. The van der Waals surface area contributed by atoms with Gasteiger partial charge >= 0.3 is 0 Å². The lowest BCUT2D eigenvalue weighted by atomic mass is 10.1. The molecule has 0 saturated carbocycles. The van der Waals surface area contributed by atoms with E-state index in [2.05, 4.69) is 53.1 Å². The van der Waals surface area contributed by atoms with Gasteiger partial charge in [0.25, 0.3) is 0 Å². The van der Waals surface area contributed by atoms with Crippen molar-refractivity contribution >= 4 is 5.69 Å². The van der Waals surface area contributed by atoms with Crippen LogP contribution in [0.4, 0.5) is 5.69 Å². The van der Waals surface area contributed by atoms with Crippen LogP contribution in [0.3, 0.4) is 0 Å². The first-order valence-corrected chi connectivity index (χ1v) is 7.95. The van der Waals surface area contributed by atoms with Crippen molar-refractivity contribution in [2.45, 2.75) is 25.3 Å². The van der Waals surface area contributed by atoms with Gasteiger partial charge in [-0.25, -0.2) is 0 Å². The van der Waals surface area contributed by atoms with E-state index in [0.29, 0.717) is 0 Å². The molecule has 2 aliphatic heterocycles. The van der Waals surface area contributed by atoms with Crippen molar-refractivity contribution in [3.8, 4) is 0 Å². The van der Waals surface area contributed by atoms with E-state index in [1.54, 1.807) is 5.56 Å². The van der Waals surface area contributed by atoms with Crippen molar-refractivity contribution in [1.82, 2.24) is 9.80 Å². The Morgan fingerprint density at radius 2 is 2.00 bits per heavy atom. The number of piperazine rings is 1. The van der Waals surface area contributed by atoms with Gasteiger partial charge < -0.3 is 9.80 Å². The van der Waals surface area contributed by atoms with Crippen molar-refractivity contribution in [3.05, 3.63) is 29.8 Å². The van der Waals surface area contributed by atoms with E-state index < -0.39 is 0 Å². The minimum Gasteiger partial charge on any atom is -0.365 e. The number of benzene rings is 1. The third kappa shape index (κ3) is 2.99. The second kappa shape index (κ2) is 6.15. The summed E-state index contributed by atoms with van der Waals surface area (Å²) in [4.78, 5) is 7.58. The maximum Gasteiger partial charge on any atom is 0.0458 e. The Labute approximate surface area is 123 Å². The summed E-state index contributed by atoms with van der Waals surface area (Å²) in [7, 11) is 4.32. The first-order chi connectivity index (χ1) is 9.74. The van der Waals surface area contributed by atoms with Crippen molar-refractivity contribution in [1.29, 1.82) is 0 Å². The van der Waals surface area contributed by atoms with E-state index in [1.807, 2.05) is 0 Å². The van der Waals surface area contributed by atoms with Gasteiger partial charge in [-0.2, -0.15) is 0 Å². The number of rotatable bonds is 5. The molecule has 1 atom stereocenters. The van der Waals surface area contributed by atoms with E-state index in [-0.39, 0.29) is 0 Å². The van der Waals surface area contributed by atoms with Gasteiger partial charge in [0.1, 0.15) is 0 Å². The van der Waals surface area contributed by atoms with Crippen LogP contribution in [0.15, 0.2) is 24.3 Å². The highest BCUT2D eigenvalue weighted by atomic mass is 15.3. The molecule has 1 aromatic rings. The maximum atomic E-state index is 2.67. The van der Waals surface area contributed by atoms with Crippen LogP contribution in [0.2, 0.25) is 0 Å². The monoisotopic (exact) mass is 273 g/mol. The van der Waals surface area contributed by atoms with E-state index >= 15 is 0 Å². The Bertz CT molecular complexity index is 444. The number of unbranched alkanes of at least 4 members (excludes halogenated alkanes) is 1. The molecule has 3 heteroatoms. The van der Waals surface area contributed by atoms with Gasteiger partial charge in [0.2, 0.25) is 0 Å². The molecule has 2 heterocycles. The van der Waals surface area contributed by atoms with Crippen LogP contribution in [0.5, 0.6) is 0 Å². The SMILES string of the molecule is CN(C)CCCCN1CCN2c3ccccc3CC2C1. The fraction of sp³-hybridized carbons (Fsp3) is 0.647. The van der Waals surface area contributed by atoms with E-state index in [9.17, 15) is 0 Å². The number of anilines is 1. The Kier molecular flexibility index (Phi) is 4.27. The summed E-state index contributed by atoms with van der Waals surface area (Å²) in [6.07, 6.45) is 3.89. The van der Waals surface area contributed by atoms with Gasteiger partial charge in [0, 0.05) is 31.4 Å². The highest BCUT2D eigenvalue weighted by Crippen LogP contribution is 2.33. The number of nitrogens with zero attached hydrogens (tertiary/aromatic N) is 3. The molecule has 1 aromatic carbocycles. The molecule has 0 bridgehead atoms. The lowest BCUT2D eigenvalue weighted by Gasteiger charge is -2.39. The summed E-state index contributed by atoms with van der Waals surface area (Å²) in [6, 6.07) is 9.66. The summed E-state index contributed by atoms with van der Waals surface area (Å²) >= 11 is 0. The van der Waals surface area contributed by atoms with Crippen LogP contribution >= 0.6 is 0 Å².